The third-order valence-electron chi connectivity index (χ3n) is 4.62. The Balaban J connectivity index is 1.98. The van der Waals surface area contributed by atoms with Crippen LogP contribution in [0.15, 0.2) is 54.2 Å². The lowest BCUT2D eigenvalue weighted by atomic mass is 10.1. The van der Waals surface area contributed by atoms with Crippen molar-refractivity contribution >= 4 is 28.6 Å². The van der Waals surface area contributed by atoms with Gasteiger partial charge >= 0.3 is 0 Å². The molecule has 2 aromatic carbocycles. The largest absolute Gasteiger partial charge is 0.344 e. The average molecular weight is 357 g/mol. The fourth-order valence-corrected chi connectivity index (χ4v) is 3.22. The van der Waals surface area contributed by atoms with Crippen LogP contribution in [0.4, 0.5) is 5.69 Å². The zero-order chi connectivity index (χ0) is 19.6. The van der Waals surface area contributed by atoms with Crippen LogP contribution in [0, 0.1) is 25.2 Å². The topological polar surface area (TPSA) is 57.8 Å². The van der Waals surface area contributed by atoms with Gasteiger partial charge in [-0.2, -0.15) is 5.26 Å². The first kappa shape index (κ1) is 18.5. The monoisotopic (exact) mass is 357 g/mol. The fraction of sp³-hybridized carbons (Fsp3) is 0.217. The molecule has 0 spiro atoms. The molecule has 0 aliphatic carbocycles. The second-order valence-electron chi connectivity index (χ2n) is 7.04. The minimum atomic E-state index is -0.397. The van der Waals surface area contributed by atoms with Crippen LogP contribution in [0.1, 0.15) is 36.6 Å². The highest BCUT2D eigenvalue weighted by Gasteiger charge is 2.14. The highest BCUT2D eigenvalue weighted by Crippen LogP contribution is 2.26. The van der Waals surface area contributed by atoms with Gasteiger partial charge in [-0.05, 0) is 51.5 Å². The Bertz CT molecular complexity index is 1080. The van der Waals surface area contributed by atoms with Gasteiger partial charge in [0.1, 0.15) is 11.6 Å². The molecule has 136 valence electrons. The van der Waals surface area contributed by atoms with Crippen LogP contribution < -0.4 is 5.32 Å². The van der Waals surface area contributed by atoms with E-state index >= 15 is 0 Å². The number of hydrogen-bond acceptors (Lipinski definition) is 2. The van der Waals surface area contributed by atoms with Gasteiger partial charge in [0.05, 0.1) is 0 Å². The summed E-state index contributed by atoms with van der Waals surface area (Å²) in [5, 5.41) is 13.4. The molecule has 1 N–H and O–H groups in total. The van der Waals surface area contributed by atoms with E-state index in [4.69, 9.17) is 0 Å². The van der Waals surface area contributed by atoms with Crippen LogP contribution in [0.5, 0.6) is 0 Å². The van der Waals surface area contributed by atoms with E-state index < -0.39 is 5.91 Å². The summed E-state index contributed by atoms with van der Waals surface area (Å²) in [5.41, 5.74) is 4.86. The van der Waals surface area contributed by atoms with Gasteiger partial charge in [0.25, 0.3) is 5.91 Å². The number of amides is 1. The second kappa shape index (κ2) is 7.51. The highest BCUT2D eigenvalue weighted by molar-refractivity contribution is 6.11. The summed E-state index contributed by atoms with van der Waals surface area (Å²) >= 11 is 0. The predicted molar refractivity (Wildman–Crippen MR) is 110 cm³/mol. The maximum Gasteiger partial charge on any atom is 0.266 e. The van der Waals surface area contributed by atoms with E-state index in [2.05, 4.69) is 29.8 Å². The Morgan fingerprint density at radius 3 is 2.59 bits per heavy atom. The number of nitrogens with zero attached hydrogens (tertiary/aromatic N) is 2. The number of carbonyl (C=O) groups excluding carboxylic acids is 1. The second-order valence-corrected chi connectivity index (χ2v) is 7.04. The van der Waals surface area contributed by atoms with Crippen molar-refractivity contribution in [3.63, 3.8) is 0 Å². The summed E-state index contributed by atoms with van der Waals surface area (Å²) in [6.07, 6.45) is 3.66. The van der Waals surface area contributed by atoms with E-state index in [1.807, 2.05) is 62.5 Å². The smallest absolute Gasteiger partial charge is 0.266 e. The van der Waals surface area contributed by atoms with Crippen molar-refractivity contribution in [3.05, 3.63) is 70.9 Å². The van der Waals surface area contributed by atoms with Gasteiger partial charge in [-0.15, -0.1) is 0 Å². The molecule has 0 saturated carbocycles. The van der Waals surface area contributed by atoms with E-state index in [0.29, 0.717) is 0 Å². The third kappa shape index (κ3) is 3.78. The standard InChI is InChI=1S/C23H23N3O/c1-15(2)26-14-19(20-7-5-6-8-22(20)26)12-18(13-24)23(27)25-21-10-9-16(3)11-17(21)4/h5-12,14-15H,1-4H3,(H,25,27). The number of aryl methyl sites for hydroxylation is 2. The summed E-state index contributed by atoms with van der Waals surface area (Å²) in [6, 6.07) is 16.2. The molecule has 0 bridgehead atoms. The molecule has 1 heterocycles. The van der Waals surface area contributed by atoms with Crippen molar-refractivity contribution in [3.8, 4) is 6.07 Å². The maximum atomic E-state index is 12.7. The number of fused-ring (bicyclic) bond motifs is 1. The summed E-state index contributed by atoms with van der Waals surface area (Å²) in [4.78, 5) is 12.7. The molecule has 1 aromatic heterocycles. The third-order valence-corrected chi connectivity index (χ3v) is 4.62. The molecular weight excluding hydrogens is 334 g/mol. The average Bonchev–Trinajstić information content (AvgIpc) is 3.01. The van der Waals surface area contributed by atoms with Crippen LogP contribution >= 0.6 is 0 Å². The lowest BCUT2D eigenvalue weighted by Gasteiger charge is -2.08. The van der Waals surface area contributed by atoms with Gasteiger partial charge in [-0.3, -0.25) is 4.79 Å². The zero-order valence-electron chi connectivity index (χ0n) is 16.1. The Kier molecular flexibility index (Phi) is 5.14. The number of para-hydroxylation sites is 1. The first-order valence-electron chi connectivity index (χ1n) is 9.00. The quantitative estimate of drug-likeness (QED) is 0.503. The number of hydrogen-bond donors (Lipinski definition) is 1. The lowest BCUT2D eigenvalue weighted by Crippen LogP contribution is -2.14. The number of nitriles is 1. The molecule has 0 radical (unpaired) electrons. The Hall–Kier alpha value is -3.32. The van der Waals surface area contributed by atoms with Crippen molar-refractivity contribution in [2.75, 3.05) is 5.32 Å². The van der Waals surface area contributed by atoms with Gasteiger partial charge in [0, 0.05) is 34.4 Å². The summed E-state index contributed by atoms with van der Waals surface area (Å²) in [6.45, 7) is 8.16. The van der Waals surface area contributed by atoms with Crippen molar-refractivity contribution in [2.24, 2.45) is 0 Å². The van der Waals surface area contributed by atoms with Crippen LogP contribution in [0.25, 0.3) is 17.0 Å². The molecular formula is C23H23N3O. The van der Waals surface area contributed by atoms with Crippen molar-refractivity contribution in [1.82, 2.24) is 4.57 Å². The number of nitrogens with one attached hydrogen (secondary N) is 1. The van der Waals surface area contributed by atoms with Crippen molar-refractivity contribution in [2.45, 2.75) is 33.7 Å². The first-order chi connectivity index (χ1) is 12.9. The molecule has 0 saturated heterocycles. The van der Waals surface area contributed by atoms with Crippen LogP contribution in [-0.2, 0) is 4.79 Å². The Labute approximate surface area is 159 Å². The summed E-state index contributed by atoms with van der Waals surface area (Å²) < 4.78 is 2.15. The number of anilines is 1. The molecule has 3 aromatic rings. The summed E-state index contributed by atoms with van der Waals surface area (Å²) in [7, 11) is 0. The van der Waals surface area contributed by atoms with Gasteiger partial charge in [-0.1, -0.05) is 35.9 Å². The van der Waals surface area contributed by atoms with E-state index in [1.54, 1.807) is 6.08 Å². The van der Waals surface area contributed by atoms with Gasteiger partial charge in [0.15, 0.2) is 0 Å². The number of aromatic nitrogens is 1. The molecule has 1 amide bonds. The number of benzene rings is 2. The minimum Gasteiger partial charge on any atom is -0.344 e. The highest BCUT2D eigenvalue weighted by atomic mass is 16.1. The fourth-order valence-electron chi connectivity index (χ4n) is 3.22. The molecule has 27 heavy (non-hydrogen) atoms. The zero-order valence-corrected chi connectivity index (χ0v) is 16.1. The minimum absolute atomic E-state index is 0.0848. The molecule has 0 atom stereocenters. The predicted octanol–water partition coefficient (Wildman–Crippen LogP) is 5.38. The Morgan fingerprint density at radius 2 is 1.93 bits per heavy atom. The number of rotatable bonds is 4. The van der Waals surface area contributed by atoms with Crippen molar-refractivity contribution in [1.29, 1.82) is 5.26 Å². The molecule has 4 heteroatoms. The molecule has 3 rings (SSSR count). The molecule has 0 unspecified atom stereocenters. The van der Waals surface area contributed by atoms with Gasteiger partial charge in [0.2, 0.25) is 0 Å². The lowest BCUT2D eigenvalue weighted by molar-refractivity contribution is -0.112. The van der Waals surface area contributed by atoms with Crippen LogP contribution in [0.2, 0.25) is 0 Å². The van der Waals surface area contributed by atoms with Crippen LogP contribution in [-0.4, -0.2) is 10.5 Å². The molecule has 0 aliphatic rings. The first-order valence-corrected chi connectivity index (χ1v) is 9.00. The molecule has 0 fully saturated rings. The van der Waals surface area contributed by atoms with Crippen LogP contribution in [0.3, 0.4) is 0 Å². The van der Waals surface area contributed by atoms with E-state index in [-0.39, 0.29) is 11.6 Å². The van der Waals surface area contributed by atoms with Gasteiger partial charge < -0.3 is 9.88 Å². The molecule has 0 aliphatic heterocycles. The number of carbonyl (C=O) groups is 1. The normalized spacial score (nSPS) is 11.6. The van der Waals surface area contributed by atoms with Crippen molar-refractivity contribution < 1.29 is 4.79 Å². The summed E-state index contributed by atoms with van der Waals surface area (Å²) in [5.74, 6) is -0.397. The van der Waals surface area contributed by atoms with Gasteiger partial charge in [-0.25, -0.2) is 0 Å². The molecule has 4 nitrogen and oxygen atoms in total. The SMILES string of the molecule is Cc1ccc(NC(=O)C(C#N)=Cc2cn(C(C)C)c3ccccc23)c(C)c1. The van der Waals surface area contributed by atoms with E-state index in [0.717, 1.165) is 33.3 Å². The maximum absolute atomic E-state index is 12.7. The van der Waals surface area contributed by atoms with E-state index in [9.17, 15) is 10.1 Å². The van der Waals surface area contributed by atoms with E-state index in [1.165, 1.54) is 0 Å². The Morgan fingerprint density at radius 1 is 1.19 bits per heavy atom.